The highest BCUT2D eigenvalue weighted by atomic mass is 19.1. The Bertz CT molecular complexity index is 443. The maximum absolute atomic E-state index is 13.6. The minimum absolute atomic E-state index is 0.00243. The van der Waals surface area contributed by atoms with Gasteiger partial charge in [-0.2, -0.15) is 5.26 Å². The van der Waals surface area contributed by atoms with Crippen molar-refractivity contribution in [3.8, 4) is 6.07 Å². The van der Waals surface area contributed by atoms with Crippen molar-refractivity contribution in [1.82, 2.24) is 0 Å². The Kier molecular flexibility index (Phi) is 8.42. The Hall–Kier alpha value is -1.63. The Morgan fingerprint density at radius 1 is 0.952 bits per heavy atom. The number of nitriles is 1. The molecule has 1 aromatic rings. The maximum atomic E-state index is 13.6. The van der Waals surface area contributed by atoms with E-state index in [0.29, 0.717) is 6.54 Å². The van der Waals surface area contributed by atoms with E-state index in [1.807, 2.05) is 0 Å². The summed E-state index contributed by atoms with van der Waals surface area (Å²) in [7, 11) is 0. The summed E-state index contributed by atoms with van der Waals surface area (Å²) < 4.78 is 27.2. The average molecular weight is 294 g/mol. The van der Waals surface area contributed by atoms with Crippen LogP contribution in [-0.2, 0) is 0 Å². The molecule has 0 unspecified atom stereocenters. The molecule has 0 saturated carbocycles. The normalized spacial score (nSPS) is 10.4. The molecule has 0 aliphatic heterocycles. The lowest BCUT2D eigenvalue weighted by molar-refractivity contribution is 0.574. The summed E-state index contributed by atoms with van der Waals surface area (Å²) in [5.74, 6) is -1.41. The monoisotopic (exact) mass is 294 g/mol. The number of hydrogen-bond acceptors (Lipinski definition) is 2. The highest BCUT2D eigenvalue weighted by Crippen LogP contribution is 2.20. The Morgan fingerprint density at radius 3 is 2.00 bits per heavy atom. The second kappa shape index (κ2) is 10.1. The van der Waals surface area contributed by atoms with Crippen molar-refractivity contribution < 1.29 is 8.78 Å². The van der Waals surface area contributed by atoms with Crippen molar-refractivity contribution in [1.29, 1.82) is 5.26 Å². The molecule has 0 aliphatic rings. The van der Waals surface area contributed by atoms with Crippen molar-refractivity contribution in [2.45, 2.75) is 58.3 Å². The van der Waals surface area contributed by atoms with Gasteiger partial charge >= 0.3 is 0 Å². The number of nitrogens with zero attached hydrogens (tertiary/aromatic N) is 1. The molecule has 0 heterocycles. The molecule has 1 aromatic carbocycles. The van der Waals surface area contributed by atoms with Crippen molar-refractivity contribution >= 4 is 5.69 Å². The molecule has 0 bridgehead atoms. The van der Waals surface area contributed by atoms with E-state index in [0.717, 1.165) is 25.0 Å². The Morgan fingerprint density at radius 2 is 1.48 bits per heavy atom. The standard InChI is InChI=1S/C17H24F2N2/c1-2-3-4-5-6-7-8-9-10-21-17-15(18)11-14(13-20)12-16(17)19/h11-12,21H,2-10H2,1H3. The Labute approximate surface area is 126 Å². The fourth-order valence-corrected chi connectivity index (χ4v) is 2.28. The van der Waals surface area contributed by atoms with Crippen LogP contribution in [0.25, 0.3) is 0 Å². The molecule has 0 aromatic heterocycles. The van der Waals surface area contributed by atoms with Gasteiger partial charge in [-0.1, -0.05) is 51.9 Å². The lowest BCUT2D eigenvalue weighted by atomic mass is 10.1. The van der Waals surface area contributed by atoms with Crippen molar-refractivity contribution in [3.63, 3.8) is 0 Å². The fourth-order valence-electron chi connectivity index (χ4n) is 2.28. The molecule has 2 nitrogen and oxygen atoms in total. The summed E-state index contributed by atoms with van der Waals surface area (Å²) in [5, 5.41) is 11.4. The van der Waals surface area contributed by atoms with Crippen LogP contribution in [-0.4, -0.2) is 6.54 Å². The molecule has 0 atom stereocenters. The first kappa shape index (κ1) is 17.4. The van der Waals surface area contributed by atoms with Gasteiger partial charge in [0.1, 0.15) is 5.69 Å². The third-order valence-electron chi connectivity index (χ3n) is 3.50. The average Bonchev–Trinajstić information content (AvgIpc) is 2.47. The molecular weight excluding hydrogens is 270 g/mol. The van der Waals surface area contributed by atoms with Crippen molar-refractivity contribution in [3.05, 3.63) is 29.3 Å². The van der Waals surface area contributed by atoms with Gasteiger partial charge in [-0.3, -0.25) is 0 Å². The van der Waals surface area contributed by atoms with E-state index in [-0.39, 0.29) is 11.3 Å². The molecule has 116 valence electrons. The molecule has 0 radical (unpaired) electrons. The molecule has 0 fully saturated rings. The van der Waals surface area contributed by atoms with Crippen molar-refractivity contribution in [2.24, 2.45) is 0 Å². The van der Waals surface area contributed by atoms with Gasteiger partial charge in [0.05, 0.1) is 11.6 Å². The van der Waals surface area contributed by atoms with Gasteiger partial charge in [-0.25, -0.2) is 8.78 Å². The van der Waals surface area contributed by atoms with Crippen LogP contribution in [0.2, 0.25) is 0 Å². The van der Waals surface area contributed by atoms with E-state index in [4.69, 9.17) is 5.26 Å². The molecule has 1 rings (SSSR count). The molecule has 1 N–H and O–H groups in total. The predicted molar refractivity (Wildman–Crippen MR) is 82.2 cm³/mol. The number of nitrogens with one attached hydrogen (secondary N) is 1. The summed E-state index contributed by atoms with van der Waals surface area (Å²) in [6, 6.07) is 3.84. The molecule has 0 aliphatic carbocycles. The largest absolute Gasteiger partial charge is 0.380 e. The summed E-state index contributed by atoms with van der Waals surface area (Å²) >= 11 is 0. The quantitative estimate of drug-likeness (QED) is 0.587. The fraction of sp³-hybridized carbons (Fsp3) is 0.588. The minimum atomic E-state index is -0.703. The summed E-state index contributed by atoms with van der Waals surface area (Å²) in [5.41, 5.74) is -0.125. The first-order chi connectivity index (χ1) is 10.2. The number of halogens is 2. The van der Waals surface area contributed by atoms with Crippen LogP contribution in [0, 0.1) is 23.0 Å². The Balaban J connectivity index is 2.20. The zero-order valence-corrected chi connectivity index (χ0v) is 12.7. The molecule has 4 heteroatoms. The predicted octanol–water partition coefficient (Wildman–Crippen LogP) is 5.39. The first-order valence-electron chi connectivity index (χ1n) is 7.82. The van der Waals surface area contributed by atoms with Crippen LogP contribution in [0.1, 0.15) is 63.9 Å². The number of anilines is 1. The van der Waals surface area contributed by atoms with Gasteiger partial charge in [-0.05, 0) is 18.6 Å². The molecule has 0 spiro atoms. The SMILES string of the molecule is CCCCCCCCCCNc1c(F)cc(C#N)cc1F. The number of rotatable bonds is 10. The van der Waals surface area contributed by atoms with E-state index in [2.05, 4.69) is 12.2 Å². The smallest absolute Gasteiger partial charge is 0.150 e. The van der Waals surface area contributed by atoms with Gasteiger partial charge in [0, 0.05) is 6.54 Å². The van der Waals surface area contributed by atoms with E-state index in [9.17, 15) is 8.78 Å². The van der Waals surface area contributed by atoms with E-state index in [1.54, 1.807) is 6.07 Å². The zero-order chi connectivity index (χ0) is 15.5. The number of hydrogen-bond donors (Lipinski definition) is 1. The number of unbranched alkanes of at least 4 members (excludes halogenated alkanes) is 7. The van der Waals surface area contributed by atoms with E-state index in [1.165, 1.54) is 38.5 Å². The van der Waals surface area contributed by atoms with Gasteiger partial charge in [0.15, 0.2) is 11.6 Å². The van der Waals surface area contributed by atoms with Gasteiger partial charge < -0.3 is 5.32 Å². The van der Waals surface area contributed by atoms with E-state index < -0.39 is 11.6 Å². The lowest BCUT2D eigenvalue weighted by Crippen LogP contribution is -2.06. The van der Waals surface area contributed by atoms with E-state index >= 15 is 0 Å². The lowest BCUT2D eigenvalue weighted by Gasteiger charge is -2.09. The third-order valence-corrected chi connectivity index (χ3v) is 3.50. The summed E-state index contributed by atoms with van der Waals surface area (Å²) in [4.78, 5) is 0. The zero-order valence-electron chi connectivity index (χ0n) is 12.7. The summed E-state index contributed by atoms with van der Waals surface area (Å²) in [6.45, 7) is 2.75. The number of benzene rings is 1. The second-order valence-corrected chi connectivity index (χ2v) is 5.33. The van der Waals surface area contributed by atoms with Crippen LogP contribution < -0.4 is 5.32 Å². The van der Waals surface area contributed by atoms with Crippen LogP contribution in [0.4, 0.5) is 14.5 Å². The third kappa shape index (κ3) is 6.57. The van der Waals surface area contributed by atoms with Gasteiger partial charge in [0.25, 0.3) is 0 Å². The highest BCUT2D eigenvalue weighted by molar-refractivity contribution is 5.50. The van der Waals surface area contributed by atoms with Crippen molar-refractivity contribution in [2.75, 3.05) is 11.9 Å². The second-order valence-electron chi connectivity index (χ2n) is 5.33. The maximum Gasteiger partial charge on any atom is 0.150 e. The van der Waals surface area contributed by atoms with Gasteiger partial charge in [-0.15, -0.1) is 0 Å². The minimum Gasteiger partial charge on any atom is -0.380 e. The van der Waals surface area contributed by atoms with Crippen LogP contribution in [0.15, 0.2) is 12.1 Å². The highest BCUT2D eigenvalue weighted by Gasteiger charge is 2.10. The van der Waals surface area contributed by atoms with Crippen LogP contribution in [0.5, 0.6) is 0 Å². The van der Waals surface area contributed by atoms with Gasteiger partial charge in [0.2, 0.25) is 0 Å². The summed E-state index contributed by atoms with van der Waals surface area (Å²) in [6.07, 6.45) is 9.51. The molecule has 0 amide bonds. The first-order valence-corrected chi connectivity index (χ1v) is 7.82. The molecule has 21 heavy (non-hydrogen) atoms. The topological polar surface area (TPSA) is 35.8 Å². The van der Waals surface area contributed by atoms with Crippen LogP contribution >= 0.6 is 0 Å². The van der Waals surface area contributed by atoms with Crippen LogP contribution in [0.3, 0.4) is 0 Å². The molecule has 0 saturated heterocycles. The molecular formula is C17H24F2N2.